The number of rotatable bonds is 8. The number of ether oxygens (including phenoxy) is 3. The molecule has 0 aromatic heterocycles. The Morgan fingerprint density at radius 2 is 2.26 bits per heavy atom. The minimum Gasteiger partial charge on any atom is -0.508 e. The molecule has 2 rings (SSSR count). The van der Waals surface area contributed by atoms with Crippen molar-refractivity contribution in [3.05, 3.63) is 23.8 Å². The van der Waals surface area contributed by atoms with Crippen molar-refractivity contribution < 1.29 is 19.3 Å². The van der Waals surface area contributed by atoms with Gasteiger partial charge in [-0.1, -0.05) is 0 Å². The van der Waals surface area contributed by atoms with Crippen LogP contribution in [0.2, 0.25) is 0 Å². The van der Waals surface area contributed by atoms with Crippen molar-refractivity contribution in [1.29, 1.82) is 0 Å². The van der Waals surface area contributed by atoms with Crippen molar-refractivity contribution in [2.24, 2.45) is 0 Å². The van der Waals surface area contributed by atoms with Crippen LogP contribution in [0.4, 0.5) is 0 Å². The number of aromatic hydroxyl groups is 1. The Balaban J connectivity index is 1.66. The average Bonchev–Trinajstić information content (AvgIpc) is 2.80. The van der Waals surface area contributed by atoms with Gasteiger partial charge in [0.05, 0.1) is 19.3 Å². The topological polar surface area (TPSA) is 60.0 Å². The van der Waals surface area contributed by atoms with Crippen molar-refractivity contribution in [2.45, 2.75) is 12.5 Å². The van der Waals surface area contributed by atoms with Gasteiger partial charge in [0.15, 0.2) is 0 Å². The lowest BCUT2D eigenvalue weighted by Gasteiger charge is -2.11. The molecule has 0 saturated carbocycles. The highest BCUT2D eigenvalue weighted by Crippen LogP contribution is 2.34. The molecule has 5 heteroatoms. The lowest BCUT2D eigenvalue weighted by Crippen LogP contribution is -2.24. The Bertz CT molecular complexity index is 397. The van der Waals surface area contributed by atoms with E-state index in [9.17, 15) is 5.11 Å². The molecule has 1 aliphatic heterocycles. The highest BCUT2D eigenvalue weighted by atomic mass is 16.5. The number of fused-ring (bicyclic) bond motifs is 1. The molecule has 1 aromatic carbocycles. The average molecular weight is 267 g/mol. The van der Waals surface area contributed by atoms with Gasteiger partial charge in [0.1, 0.15) is 18.1 Å². The summed E-state index contributed by atoms with van der Waals surface area (Å²) in [6, 6.07) is 5.46. The van der Waals surface area contributed by atoms with Gasteiger partial charge >= 0.3 is 0 Å². The molecule has 1 aromatic rings. The van der Waals surface area contributed by atoms with Crippen LogP contribution in [-0.4, -0.2) is 45.2 Å². The molecule has 0 amide bonds. The van der Waals surface area contributed by atoms with Crippen molar-refractivity contribution in [2.75, 3.05) is 40.1 Å². The van der Waals surface area contributed by atoms with Crippen molar-refractivity contribution in [3.8, 4) is 11.5 Å². The first-order valence-electron chi connectivity index (χ1n) is 6.57. The Hall–Kier alpha value is -1.30. The Labute approximate surface area is 113 Å². The lowest BCUT2D eigenvalue weighted by molar-refractivity contribution is 0.0691. The van der Waals surface area contributed by atoms with Gasteiger partial charge in [-0.25, -0.2) is 0 Å². The quantitative estimate of drug-likeness (QED) is 0.698. The number of phenolic OH excluding ortho intramolecular Hbond substituents is 1. The number of hydrogen-bond donors (Lipinski definition) is 2. The third kappa shape index (κ3) is 4.09. The second-order valence-electron chi connectivity index (χ2n) is 4.50. The third-order valence-electron chi connectivity index (χ3n) is 3.07. The summed E-state index contributed by atoms with van der Waals surface area (Å²) >= 11 is 0. The summed E-state index contributed by atoms with van der Waals surface area (Å²) in [6.45, 7) is 3.50. The van der Waals surface area contributed by atoms with Crippen LogP contribution in [0.15, 0.2) is 18.2 Å². The van der Waals surface area contributed by atoms with Crippen molar-refractivity contribution in [1.82, 2.24) is 5.32 Å². The van der Waals surface area contributed by atoms with Crippen LogP contribution in [-0.2, 0) is 9.47 Å². The molecular formula is C14H21NO4. The Kier molecular flexibility index (Phi) is 5.44. The first-order valence-corrected chi connectivity index (χ1v) is 6.57. The highest BCUT2D eigenvalue weighted by molar-refractivity contribution is 5.44. The number of nitrogens with one attached hydrogen (secondary N) is 1. The van der Waals surface area contributed by atoms with Gasteiger partial charge in [0.2, 0.25) is 0 Å². The standard InChI is InChI=1S/C14H21NO4/c1-17-7-8-18-6-2-5-15-13-10-19-14-9-11(16)3-4-12(13)14/h3-4,9,13,15-16H,2,5-8,10H2,1H3. The Morgan fingerprint density at radius 1 is 1.37 bits per heavy atom. The maximum atomic E-state index is 9.37. The van der Waals surface area contributed by atoms with Gasteiger partial charge in [-0.05, 0) is 25.1 Å². The second-order valence-corrected chi connectivity index (χ2v) is 4.50. The molecule has 19 heavy (non-hydrogen) atoms. The monoisotopic (exact) mass is 267 g/mol. The van der Waals surface area contributed by atoms with Crippen molar-refractivity contribution in [3.63, 3.8) is 0 Å². The van der Waals surface area contributed by atoms with E-state index in [1.807, 2.05) is 6.07 Å². The van der Waals surface area contributed by atoms with Crippen LogP contribution in [0.5, 0.6) is 11.5 Å². The molecule has 1 unspecified atom stereocenters. The molecule has 0 fully saturated rings. The zero-order chi connectivity index (χ0) is 13.5. The molecule has 0 saturated heterocycles. The number of benzene rings is 1. The van der Waals surface area contributed by atoms with Crippen LogP contribution in [0, 0.1) is 0 Å². The van der Waals surface area contributed by atoms with Crippen LogP contribution in [0.25, 0.3) is 0 Å². The smallest absolute Gasteiger partial charge is 0.127 e. The van der Waals surface area contributed by atoms with E-state index in [0.29, 0.717) is 19.8 Å². The summed E-state index contributed by atoms with van der Waals surface area (Å²) in [5.41, 5.74) is 1.11. The summed E-state index contributed by atoms with van der Waals surface area (Å²) in [5.74, 6) is 1.01. The number of phenols is 1. The number of hydrogen-bond acceptors (Lipinski definition) is 5. The van der Waals surface area contributed by atoms with Crippen LogP contribution in [0.1, 0.15) is 18.0 Å². The van der Waals surface area contributed by atoms with E-state index in [1.54, 1.807) is 19.2 Å². The first kappa shape index (κ1) is 14.1. The molecule has 106 valence electrons. The molecule has 5 nitrogen and oxygen atoms in total. The maximum absolute atomic E-state index is 9.37. The summed E-state index contributed by atoms with van der Waals surface area (Å²) in [7, 11) is 1.67. The predicted octanol–water partition coefficient (Wildman–Crippen LogP) is 1.47. The second kappa shape index (κ2) is 7.33. The summed E-state index contributed by atoms with van der Waals surface area (Å²) in [5, 5.41) is 12.8. The summed E-state index contributed by atoms with van der Waals surface area (Å²) in [4.78, 5) is 0. The van der Waals surface area contributed by atoms with E-state index in [0.717, 1.165) is 30.9 Å². The largest absolute Gasteiger partial charge is 0.508 e. The fourth-order valence-corrected chi connectivity index (χ4v) is 2.06. The molecule has 1 heterocycles. The van der Waals surface area contributed by atoms with Gasteiger partial charge in [0.25, 0.3) is 0 Å². The molecule has 1 aliphatic rings. The van der Waals surface area contributed by atoms with Crippen molar-refractivity contribution >= 4 is 0 Å². The predicted molar refractivity (Wildman–Crippen MR) is 71.7 cm³/mol. The molecule has 0 radical (unpaired) electrons. The van der Waals surface area contributed by atoms with E-state index in [4.69, 9.17) is 14.2 Å². The Morgan fingerprint density at radius 3 is 3.11 bits per heavy atom. The SMILES string of the molecule is COCCOCCCNC1COc2cc(O)ccc21. The van der Waals surface area contributed by atoms with Crippen LogP contribution in [0.3, 0.4) is 0 Å². The molecule has 2 N–H and O–H groups in total. The van der Waals surface area contributed by atoms with Gasteiger partial charge in [-0.15, -0.1) is 0 Å². The van der Waals surface area contributed by atoms with E-state index in [2.05, 4.69) is 5.32 Å². The normalized spacial score (nSPS) is 17.2. The van der Waals surface area contributed by atoms with E-state index >= 15 is 0 Å². The van der Waals surface area contributed by atoms with E-state index in [1.165, 1.54) is 0 Å². The van der Waals surface area contributed by atoms with Gasteiger partial charge < -0.3 is 24.6 Å². The molecule has 1 atom stereocenters. The minimum atomic E-state index is 0.203. The molecular weight excluding hydrogens is 246 g/mol. The zero-order valence-corrected chi connectivity index (χ0v) is 11.2. The zero-order valence-electron chi connectivity index (χ0n) is 11.2. The lowest BCUT2D eigenvalue weighted by atomic mass is 10.1. The van der Waals surface area contributed by atoms with Crippen LogP contribution < -0.4 is 10.1 Å². The maximum Gasteiger partial charge on any atom is 0.127 e. The molecule has 0 spiro atoms. The van der Waals surface area contributed by atoms with E-state index in [-0.39, 0.29) is 11.8 Å². The van der Waals surface area contributed by atoms with Gasteiger partial charge in [-0.3, -0.25) is 0 Å². The highest BCUT2D eigenvalue weighted by Gasteiger charge is 2.23. The summed E-state index contributed by atoms with van der Waals surface area (Å²) < 4.78 is 15.8. The summed E-state index contributed by atoms with van der Waals surface area (Å²) in [6.07, 6.45) is 0.952. The third-order valence-corrected chi connectivity index (χ3v) is 3.07. The van der Waals surface area contributed by atoms with Gasteiger partial charge in [-0.2, -0.15) is 0 Å². The fourth-order valence-electron chi connectivity index (χ4n) is 2.06. The fraction of sp³-hybridized carbons (Fsp3) is 0.571. The minimum absolute atomic E-state index is 0.203. The van der Waals surface area contributed by atoms with Crippen LogP contribution >= 0.6 is 0 Å². The number of methoxy groups -OCH3 is 1. The molecule has 0 aliphatic carbocycles. The molecule has 0 bridgehead atoms. The van der Waals surface area contributed by atoms with Gasteiger partial charge in [0, 0.05) is 25.3 Å². The first-order chi connectivity index (χ1) is 9.31. The van der Waals surface area contributed by atoms with E-state index < -0.39 is 0 Å².